The minimum Gasteiger partial charge on any atom is -0.479 e. The summed E-state index contributed by atoms with van der Waals surface area (Å²) in [4.78, 5) is 25.5. The lowest BCUT2D eigenvalue weighted by Crippen LogP contribution is -2.67. The van der Waals surface area contributed by atoms with Crippen molar-refractivity contribution in [2.45, 2.75) is 136 Å². The lowest BCUT2D eigenvalue weighted by atomic mass is 9.34. The summed E-state index contributed by atoms with van der Waals surface area (Å²) in [5, 5.41) is 51.7. The van der Waals surface area contributed by atoms with E-state index in [1.165, 1.54) is 5.57 Å². The third-order valence-corrected chi connectivity index (χ3v) is 14.4. The van der Waals surface area contributed by atoms with E-state index < -0.39 is 48.2 Å². The fourth-order valence-electron chi connectivity index (χ4n) is 11.7. The van der Waals surface area contributed by atoms with Crippen molar-refractivity contribution in [2.24, 2.45) is 50.7 Å². The van der Waals surface area contributed by atoms with Gasteiger partial charge in [-0.05, 0) is 85.4 Å². The summed E-state index contributed by atoms with van der Waals surface area (Å²) in [5.41, 5.74) is 0.607. The van der Waals surface area contributed by atoms with E-state index in [1.807, 2.05) is 6.92 Å². The molecule has 0 radical (unpaired) electrons. The molecule has 14 atom stereocenters. The van der Waals surface area contributed by atoms with Gasteiger partial charge in [0.1, 0.15) is 24.1 Å². The molecule has 5 aliphatic carbocycles. The number of aliphatic hydroxyl groups is 4. The van der Waals surface area contributed by atoms with E-state index in [0.29, 0.717) is 30.5 Å². The largest absolute Gasteiger partial charge is 0.479 e. The Morgan fingerprint density at radius 1 is 0.932 bits per heavy atom. The molecule has 0 spiro atoms. The Morgan fingerprint density at radius 3 is 2.30 bits per heavy atom. The summed E-state index contributed by atoms with van der Waals surface area (Å²) in [5.74, 6) is -0.160. The molecule has 0 aromatic carbocycles. The van der Waals surface area contributed by atoms with Gasteiger partial charge in [-0.3, -0.25) is 4.79 Å². The number of hydrogen-bond acceptors (Lipinski definition) is 8. The van der Waals surface area contributed by atoms with Crippen molar-refractivity contribution >= 4 is 11.8 Å². The zero-order valence-corrected chi connectivity index (χ0v) is 27.3. The van der Waals surface area contributed by atoms with Crippen LogP contribution in [0.25, 0.3) is 0 Å². The van der Waals surface area contributed by atoms with Gasteiger partial charge in [0.2, 0.25) is 0 Å². The van der Waals surface area contributed by atoms with Crippen molar-refractivity contribution in [1.82, 2.24) is 0 Å². The molecule has 9 nitrogen and oxygen atoms in total. The monoisotopic (exact) mass is 618 g/mol. The molecule has 5 fully saturated rings. The number of ether oxygens (including phenoxy) is 2. The number of rotatable bonds is 4. The van der Waals surface area contributed by atoms with Gasteiger partial charge < -0.3 is 35.0 Å². The molecule has 1 aliphatic heterocycles. The summed E-state index contributed by atoms with van der Waals surface area (Å²) in [6.07, 6.45) is 1.46. The topological polar surface area (TPSA) is 154 Å². The van der Waals surface area contributed by atoms with Crippen LogP contribution in [0.15, 0.2) is 11.6 Å². The Bertz CT molecular complexity index is 1210. The van der Waals surface area contributed by atoms with Crippen LogP contribution in [-0.4, -0.2) is 80.7 Å². The van der Waals surface area contributed by atoms with E-state index in [-0.39, 0.29) is 40.1 Å². The predicted octanol–water partition coefficient (Wildman–Crippen LogP) is 3.85. The number of hydrogen-bond donors (Lipinski definition) is 5. The maximum atomic E-state index is 13.8. The van der Waals surface area contributed by atoms with E-state index in [0.717, 1.165) is 44.9 Å². The number of carboxylic acid groups (broad SMARTS) is 1. The van der Waals surface area contributed by atoms with Crippen molar-refractivity contribution < 1.29 is 44.6 Å². The van der Waals surface area contributed by atoms with Gasteiger partial charge in [0.15, 0.2) is 12.4 Å². The molecule has 5 unspecified atom stereocenters. The predicted molar refractivity (Wildman–Crippen MR) is 161 cm³/mol. The summed E-state index contributed by atoms with van der Waals surface area (Å²) in [7, 11) is 0. The fourth-order valence-corrected chi connectivity index (χ4v) is 11.7. The molecule has 6 rings (SSSR count). The Morgan fingerprint density at radius 2 is 1.64 bits per heavy atom. The summed E-state index contributed by atoms with van der Waals surface area (Å²) < 4.78 is 11.8. The van der Waals surface area contributed by atoms with Crippen molar-refractivity contribution in [3.8, 4) is 0 Å². The van der Waals surface area contributed by atoms with Crippen molar-refractivity contribution in [2.75, 3.05) is 6.61 Å². The highest BCUT2D eigenvalue weighted by Crippen LogP contribution is 2.74. The number of carbonyl (C=O) groups excluding carboxylic acids is 1. The number of aliphatic hydroxyl groups excluding tert-OH is 4. The summed E-state index contributed by atoms with van der Waals surface area (Å²) in [6, 6.07) is 0. The van der Waals surface area contributed by atoms with E-state index in [1.54, 1.807) is 0 Å². The zero-order valence-electron chi connectivity index (χ0n) is 27.3. The van der Waals surface area contributed by atoms with Crippen molar-refractivity contribution in [3.05, 3.63) is 11.6 Å². The standard InChI is InChI=1S/C35H54O9/c1-31(2)12-9-18-19(15-31)20-7-8-23-32(3)13-11-24(43-30-27(40)25(38)26(39)28(44-30)29(41)42)33(4,17-36)22(32)10-14-34(23,5)35(20,6)16-21(18)37/h7,18-19,22-28,30,36,38-40H,8-17H2,1-6H3,(H,41,42)/t18-,19?,22?,23?,24?,25-,26-,27+,28-,30?,32-,33+,34+,35+/m0/s1. The molecule has 0 amide bonds. The molecule has 0 aromatic rings. The molecule has 9 heteroatoms. The number of ketones is 1. The van der Waals surface area contributed by atoms with E-state index in [4.69, 9.17) is 9.47 Å². The molecule has 5 N–H and O–H groups in total. The highest BCUT2D eigenvalue weighted by atomic mass is 16.7. The van der Waals surface area contributed by atoms with Gasteiger partial charge in [0.05, 0.1) is 12.7 Å². The van der Waals surface area contributed by atoms with Crippen LogP contribution in [0.5, 0.6) is 0 Å². The number of carboxylic acids is 1. The Labute approximate surface area is 261 Å². The highest BCUT2D eigenvalue weighted by molar-refractivity contribution is 5.85. The van der Waals surface area contributed by atoms with Crippen molar-refractivity contribution in [3.63, 3.8) is 0 Å². The lowest BCUT2D eigenvalue weighted by Gasteiger charge is -2.70. The van der Waals surface area contributed by atoms with Crippen LogP contribution in [0.1, 0.15) is 99.3 Å². The second kappa shape index (κ2) is 10.6. The first-order valence-corrected chi connectivity index (χ1v) is 16.9. The van der Waals surface area contributed by atoms with Gasteiger partial charge in [-0.2, -0.15) is 0 Å². The average Bonchev–Trinajstić information content (AvgIpc) is 2.94. The maximum absolute atomic E-state index is 13.8. The number of Topliss-reactive ketones (excluding diaryl/α,β-unsaturated/α-hetero) is 1. The normalized spacial score (nSPS) is 53.4. The molecule has 1 heterocycles. The average molecular weight is 619 g/mol. The number of aliphatic carboxylic acids is 1. The highest BCUT2D eigenvalue weighted by Gasteiger charge is 2.69. The molecular weight excluding hydrogens is 564 g/mol. The Hall–Kier alpha value is -1.36. The van der Waals surface area contributed by atoms with Crippen LogP contribution in [0.3, 0.4) is 0 Å². The van der Waals surface area contributed by atoms with Crippen LogP contribution >= 0.6 is 0 Å². The first kappa shape index (κ1) is 32.6. The SMILES string of the molecule is CC1(C)CC[C@@H]2C(=O)C[C@]3(C)C(=CCC4[C@@]5(C)CCC(OC6O[C@H](C(=O)O)[C@@H](O)[C@H](O)[C@H]6O)[C@](C)(CO)C5CC[C@]43C)C2C1. The van der Waals surface area contributed by atoms with Crippen LogP contribution in [0, 0.1) is 50.7 Å². The Balaban J connectivity index is 1.30. The molecule has 1 saturated heterocycles. The van der Waals surface area contributed by atoms with Crippen LogP contribution < -0.4 is 0 Å². The minimum atomic E-state index is -1.79. The van der Waals surface area contributed by atoms with Gasteiger partial charge in [0.25, 0.3) is 0 Å². The van der Waals surface area contributed by atoms with Gasteiger partial charge >= 0.3 is 5.97 Å². The quantitative estimate of drug-likeness (QED) is 0.234. The lowest BCUT2D eigenvalue weighted by molar-refractivity contribution is -0.327. The third kappa shape index (κ3) is 4.46. The van der Waals surface area contributed by atoms with Crippen LogP contribution in [0.2, 0.25) is 0 Å². The van der Waals surface area contributed by atoms with Gasteiger partial charge in [-0.15, -0.1) is 0 Å². The smallest absolute Gasteiger partial charge is 0.335 e. The summed E-state index contributed by atoms with van der Waals surface area (Å²) >= 11 is 0. The number of allylic oxidation sites excluding steroid dienone is 2. The molecular formula is C35H54O9. The molecule has 0 bridgehead atoms. The van der Waals surface area contributed by atoms with Gasteiger partial charge in [-0.1, -0.05) is 53.2 Å². The van der Waals surface area contributed by atoms with Crippen molar-refractivity contribution in [1.29, 1.82) is 0 Å². The summed E-state index contributed by atoms with van der Waals surface area (Å²) in [6.45, 7) is 13.7. The molecule has 6 aliphatic rings. The molecule has 4 saturated carbocycles. The molecule has 248 valence electrons. The van der Waals surface area contributed by atoms with E-state index in [9.17, 15) is 35.1 Å². The molecule has 44 heavy (non-hydrogen) atoms. The second-order valence-electron chi connectivity index (χ2n) is 17.1. The minimum absolute atomic E-state index is 0.0718. The Kier molecular flexibility index (Phi) is 7.83. The van der Waals surface area contributed by atoms with Gasteiger partial charge in [-0.25, -0.2) is 4.79 Å². The van der Waals surface area contributed by atoms with E-state index in [2.05, 4.69) is 40.7 Å². The number of carbonyl (C=O) groups is 2. The van der Waals surface area contributed by atoms with Crippen LogP contribution in [-0.2, 0) is 19.1 Å². The maximum Gasteiger partial charge on any atom is 0.335 e. The first-order valence-electron chi connectivity index (χ1n) is 16.9. The number of fused-ring (bicyclic) bond motifs is 7. The van der Waals surface area contributed by atoms with Gasteiger partial charge in [0, 0.05) is 23.2 Å². The molecule has 0 aromatic heterocycles. The third-order valence-electron chi connectivity index (χ3n) is 14.4. The first-order chi connectivity index (χ1) is 20.4. The fraction of sp³-hybridized carbons (Fsp3) is 0.886. The second-order valence-corrected chi connectivity index (χ2v) is 17.1. The zero-order chi connectivity index (χ0) is 32.2. The van der Waals surface area contributed by atoms with Crippen LogP contribution in [0.4, 0.5) is 0 Å². The van der Waals surface area contributed by atoms with E-state index >= 15 is 0 Å².